The van der Waals surface area contributed by atoms with Gasteiger partial charge in [0.1, 0.15) is 17.2 Å². The van der Waals surface area contributed by atoms with E-state index in [1.54, 1.807) is 18.2 Å². The van der Waals surface area contributed by atoms with Gasteiger partial charge in [0.2, 0.25) is 0 Å². The Morgan fingerprint density at radius 3 is 2.23 bits per heavy atom. The van der Waals surface area contributed by atoms with Gasteiger partial charge in [-0.2, -0.15) is 0 Å². The fraction of sp³-hybridized carbons (Fsp3) is 0.167. The summed E-state index contributed by atoms with van der Waals surface area (Å²) in [5, 5.41) is 9.89. The average molecular weight is 754 g/mol. The van der Waals surface area contributed by atoms with Crippen molar-refractivity contribution in [1.82, 2.24) is 24.7 Å². The van der Waals surface area contributed by atoms with Gasteiger partial charge in [-0.05, 0) is 63.0 Å². The molecule has 217 valence electrons. The van der Waals surface area contributed by atoms with E-state index < -0.39 is 27.4 Å². The second-order valence-electron chi connectivity index (χ2n) is 9.55. The SMILES string of the molecule is [2H]C([2H])([2H])c1c[c-]c(-c2ccc(C([2H])([2H])[2H])cn2)cc1.[2H]C([2H])([2H])c1cnc(-c2[c-]ccc3c2oc2cc(-n4c(C)nnc4C)ccc23)cc1C([2H])([2H])[2H].[Ir]. The maximum absolute atomic E-state index is 7.84. The Labute approximate surface area is 282 Å². The summed E-state index contributed by atoms with van der Waals surface area (Å²) in [6.45, 7) is -5.82. The largest absolute Gasteiger partial charge is 0.501 e. The van der Waals surface area contributed by atoms with E-state index in [-0.39, 0.29) is 48.1 Å². The van der Waals surface area contributed by atoms with Crippen LogP contribution in [-0.2, 0) is 20.1 Å². The molecule has 4 heterocycles. The van der Waals surface area contributed by atoms with Crippen molar-refractivity contribution in [3.8, 4) is 28.2 Å². The van der Waals surface area contributed by atoms with E-state index in [9.17, 15) is 0 Å². The van der Waals surface area contributed by atoms with E-state index in [2.05, 4.69) is 32.3 Å². The molecule has 0 N–H and O–H groups in total. The van der Waals surface area contributed by atoms with Gasteiger partial charge in [-0.1, -0.05) is 47.6 Å². The first-order chi connectivity index (χ1) is 25.1. The zero-order chi connectivity index (χ0) is 39.4. The van der Waals surface area contributed by atoms with Crippen LogP contribution in [0.2, 0.25) is 0 Å². The molecule has 4 aromatic heterocycles. The molecule has 0 atom stereocenters. The smallest absolute Gasteiger partial charge is 0.134 e. The maximum Gasteiger partial charge on any atom is 0.134 e. The van der Waals surface area contributed by atoms with Gasteiger partial charge in [-0.15, -0.1) is 63.8 Å². The van der Waals surface area contributed by atoms with Crippen molar-refractivity contribution >= 4 is 21.9 Å². The molecule has 3 aromatic carbocycles. The molecule has 0 unspecified atom stereocenters. The maximum atomic E-state index is 7.84. The van der Waals surface area contributed by atoms with E-state index in [1.807, 2.05) is 42.7 Å². The van der Waals surface area contributed by atoms with E-state index in [1.165, 1.54) is 30.5 Å². The van der Waals surface area contributed by atoms with Gasteiger partial charge in [-0.25, -0.2) is 0 Å². The van der Waals surface area contributed by atoms with Crippen LogP contribution >= 0.6 is 0 Å². The third-order valence-electron chi connectivity index (χ3n) is 6.67. The molecule has 43 heavy (non-hydrogen) atoms. The monoisotopic (exact) mass is 754 g/mol. The van der Waals surface area contributed by atoms with E-state index in [4.69, 9.17) is 20.9 Å². The number of rotatable bonds is 3. The number of aryl methyl sites for hydroxylation is 6. The van der Waals surface area contributed by atoms with Crippen LogP contribution in [-0.4, -0.2) is 24.7 Å². The predicted octanol–water partition coefficient (Wildman–Crippen LogP) is 8.43. The fourth-order valence-electron chi connectivity index (χ4n) is 4.63. The molecule has 0 bridgehead atoms. The zero-order valence-electron chi connectivity index (χ0n) is 35.0. The minimum absolute atomic E-state index is 0. The van der Waals surface area contributed by atoms with Crippen LogP contribution in [0.15, 0.2) is 83.5 Å². The normalized spacial score (nSPS) is 16.1. The number of benzene rings is 3. The van der Waals surface area contributed by atoms with Crippen molar-refractivity contribution in [1.29, 1.82) is 0 Å². The summed E-state index contributed by atoms with van der Waals surface area (Å²) in [5.41, 5.74) is 3.67. The first kappa shape index (κ1) is 18.3. The molecular formula is C36H31IrN5O-2. The van der Waals surface area contributed by atoms with Crippen LogP contribution < -0.4 is 0 Å². The van der Waals surface area contributed by atoms with E-state index in [0.29, 0.717) is 28.0 Å². The van der Waals surface area contributed by atoms with Crippen molar-refractivity contribution in [3.63, 3.8) is 0 Å². The zero-order valence-corrected chi connectivity index (χ0v) is 25.4. The first-order valence-electron chi connectivity index (χ1n) is 18.9. The molecule has 7 rings (SSSR count). The summed E-state index contributed by atoms with van der Waals surface area (Å²) in [6, 6.07) is 24.2. The minimum atomic E-state index is -2.62. The average Bonchev–Trinajstić information content (AvgIpc) is 3.64. The molecule has 0 aliphatic rings. The van der Waals surface area contributed by atoms with Crippen molar-refractivity contribution < 1.29 is 41.0 Å². The number of fused-ring (bicyclic) bond motifs is 3. The van der Waals surface area contributed by atoms with Crippen LogP contribution in [0.25, 0.3) is 50.1 Å². The standard InChI is InChI=1S/C23H19N4O.C13H12N.Ir/c1-13-10-21(24-12-14(13)2)20-7-5-6-19-18-9-8-17(11-22(18)28-23(19)20)27-15(3)25-26-16(27)4;1-10-3-6-12(7-4-10)13-8-5-11(2)9-14-13;/h5-6,8-12H,1-4H3;3-6,8-9H,1-2H3;/q2*-1;/i2*1D3,2D3;. The van der Waals surface area contributed by atoms with Gasteiger partial charge in [-0.3, -0.25) is 4.57 Å². The van der Waals surface area contributed by atoms with Gasteiger partial charge in [0.05, 0.1) is 11.3 Å². The van der Waals surface area contributed by atoms with Crippen molar-refractivity contribution in [3.05, 3.63) is 125 Å². The second-order valence-corrected chi connectivity index (χ2v) is 9.55. The van der Waals surface area contributed by atoms with Crippen molar-refractivity contribution in [2.24, 2.45) is 0 Å². The Balaban J connectivity index is 0.000000237. The molecular weight excluding hydrogens is 711 g/mol. The van der Waals surface area contributed by atoms with Crippen LogP contribution in [0.1, 0.15) is 50.4 Å². The summed E-state index contributed by atoms with van der Waals surface area (Å²) >= 11 is 0. The molecule has 0 saturated carbocycles. The van der Waals surface area contributed by atoms with Crippen molar-refractivity contribution in [2.75, 3.05) is 0 Å². The minimum Gasteiger partial charge on any atom is -0.501 e. The topological polar surface area (TPSA) is 69.6 Å². The van der Waals surface area contributed by atoms with Gasteiger partial charge < -0.3 is 14.4 Å². The predicted molar refractivity (Wildman–Crippen MR) is 168 cm³/mol. The fourth-order valence-corrected chi connectivity index (χ4v) is 4.63. The first-order valence-corrected chi connectivity index (χ1v) is 12.9. The summed E-state index contributed by atoms with van der Waals surface area (Å²) in [7, 11) is 0. The van der Waals surface area contributed by atoms with Crippen LogP contribution in [0, 0.1) is 53.4 Å². The number of pyridine rings is 2. The molecule has 7 heteroatoms. The summed E-state index contributed by atoms with van der Waals surface area (Å²) in [4.78, 5) is 8.34. The van der Waals surface area contributed by atoms with Gasteiger partial charge in [0.25, 0.3) is 0 Å². The van der Waals surface area contributed by atoms with Crippen molar-refractivity contribution in [2.45, 2.75) is 41.3 Å². The van der Waals surface area contributed by atoms with Crippen LogP contribution in [0.4, 0.5) is 0 Å². The summed E-state index contributed by atoms with van der Waals surface area (Å²) in [5.74, 6) is 1.50. The van der Waals surface area contributed by atoms with Gasteiger partial charge >= 0.3 is 0 Å². The van der Waals surface area contributed by atoms with Gasteiger partial charge in [0.15, 0.2) is 0 Å². The summed E-state index contributed by atoms with van der Waals surface area (Å²) < 4.78 is 98.3. The van der Waals surface area contributed by atoms with E-state index in [0.717, 1.165) is 34.3 Å². The third-order valence-corrected chi connectivity index (χ3v) is 6.67. The Bertz CT molecular complexity index is 2390. The molecule has 7 aromatic rings. The van der Waals surface area contributed by atoms with Crippen LogP contribution in [0.5, 0.6) is 0 Å². The Morgan fingerprint density at radius 2 is 1.53 bits per heavy atom. The Kier molecular flexibility index (Phi) is 5.28. The molecule has 0 spiro atoms. The van der Waals surface area contributed by atoms with Gasteiger partial charge in [0, 0.05) is 60.4 Å². The molecule has 6 nitrogen and oxygen atoms in total. The summed E-state index contributed by atoms with van der Waals surface area (Å²) in [6.07, 6.45) is 2.41. The molecule has 0 aliphatic heterocycles. The van der Waals surface area contributed by atoms with Crippen LogP contribution in [0.3, 0.4) is 0 Å². The Morgan fingerprint density at radius 1 is 0.744 bits per heavy atom. The Hall–Kier alpha value is -4.45. The molecule has 0 fully saturated rings. The molecule has 1 radical (unpaired) electrons. The molecule has 0 amide bonds. The molecule has 0 aliphatic carbocycles. The number of hydrogen-bond donors (Lipinski definition) is 0. The number of nitrogens with zero attached hydrogens (tertiary/aromatic N) is 5. The van der Waals surface area contributed by atoms with E-state index >= 15 is 0 Å². The third kappa shape index (κ3) is 6.05. The molecule has 0 saturated heterocycles. The number of aromatic nitrogens is 5. The number of hydrogen-bond acceptors (Lipinski definition) is 5. The quantitative estimate of drug-likeness (QED) is 0.170. The second kappa shape index (κ2) is 12.4. The number of furan rings is 1.